The van der Waals surface area contributed by atoms with Gasteiger partial charge in [0.1, 0.15) is 11.4 Å². The number of benzene rings is 2. The van der Waals surface area contributed by atoms with Crippen LogP contribution in [0.25, 0.3) is 0 Å². The zero-order valence-electron chi connectivity index (χ0n) is 17.6. The van der Waals surface area contributed by atoms with Crippen molar-refractivity contribution in [2.45, 2.75) is 26.4 Å². The van der Waals surface area contributed by atoms with Gasteiger partial charge in [-0.1, -0.05) is 23.2 Å². The van der Waals surface area contributed by atoms with Crippen LogP contribution in [0.4, 0.5) is 16.2 Å². The number of nitrogens with one attached hydrogen (secondary N) is 2. The molecule has 2 amide bonds. The number of carbonyl (C=O) groups excluding carboxylic acids is 2. The summed E-state index contributed by atoms with van der Waals surface area (Å²) in [7, 11) is 0. The highest BCUT2D eigenvalue weighted by Crippen LogP contribution is 2.25. The molecule has 0 bridgehead atoms. The van der Waals surface area contributed by atoms with E-state index < -0.39 is 11.7 Å². The molecule has 9 heteroatoms. The summed E-state index contributed by atoms with van der Waals surface area (Å²) in [6.45, 7) is 5.38. The summed E-state index contributed by atoms with van der Waals surface area (Å²) >= 11 is 11.8. The lowest BCUT2D eigenvalue weighted by Crippen LogP contribution is -2.27. The van der Waals surface area contributed by atoms with E-state index in [4.69, 9.17) is 32.7 Å². The number of carbonyl (C=O) groups is 2. The molecule has 1 heterocycles. The molecule has 1 aromatic heterocycles. The average molecular weight is 474 g/mol. The van der Waals surface area contributed by atoms with Crippen LogP contribution in [-0.4, -0.2) is 22.6 Å². The average Bonchev–Trinajstić information content (AvgIpc) is 2.71. The van der Waals surface area contributed by atoms with Gasteiger partial charge in [-0.2, -0.15) is 0 Å². The molecular formula is C23H21Cl2N3O4. The molecule has 3 rings (SSSR count). The highest BCUT2D eigenvalue weighted by atomic mass is 35.5. The Morgan fingerprint density at radius 2 is 1.56 bits per heavy atom. The van der Waals surface area contributed by atoms with Gasteiger partial charge >= 0.3 is 6.09 Å². The molecule has 2 N–H and O–H groups in total. The highest BCUT2D eigenvalue weighted by molar-refractivity contribution is 6.42. The van der Waals surface area contributed by atoms with E-state index in [1.54, 1.807) is 69.3 Å². The Morgan fingerprint density at radius 3 is 2.16 bits per heavy atom. The van der Waals surface area contributed by atoms with E-state index in [9.17, 15) is 9.59 Å². The molecule has 32 heavy (non-hydrogen) atoms. The predicted octanol–water partition coefficient (Wildman–Crippen LogP) is 6.78. The molecule has 0 aliphatic heterocycles. The van der Waals surface area contributed by atoms with Crippen LogP contribution in [0.2, 0.25) is 10.0 Å². The monoisotopic (exact) mass is 473 g/mol. The van der Waals surface area contributed by atoms with Crippen molar-refractivity contribution in [3.05, 3.63) is 76.4 Å². The van der Waals surface area contributed by atoms with Crippen LogP contribution in [0.15, 0.2) is 60.8 Å². The van der Waals surface area contributed by atoms with Crippen molar-refractivity contribution in [3.8, 4) is 11.6 Å². The van der Waals surface area contributed by atoms with Crippen LogP contribution >= 0.6 is 23.2 Å². The molecule has 0 aliphatic carbocycles. The number of ether oxygens (including phenoxy) is 2. The van der Waals surface area contributed by atoms with Crippen LogP contribution in [0.3, 0.4) is 0 Å². The van der Waals surface area contributed by atoms with Crippen molar-refractivity contribution in [2.75, 3.05) is 10.6 Å². The molecular weight excluding hydrogens is 453 g/mol. The molecule has 0 radical (unpaired) electrons. The van der Waals surface area contributed by atoms with Crippen molar-refractivity contribution in [3.63, 3.8) is 0 Å². The fourth-order valence-electron chi connectivity index (χ4n) is 2.50. The number of rotatable bonds is 5. The van der Waals surface area contributed by atoms with E-state index in [0.717, 1.165) is 0 Å². The van der Waals surface area contributed by atoms with E-state index in [1.165, 1.54) is 12.3 Å². The Morgan fingerprint density at radius 1 is 0.875 bits per heavy atom. The van der Waals surface area contributed by atoms with Gasteiger partial charge in [0.25, 0.3) is 5.91 Å². The second-order valence-corrected chi connectivity index (χ2v) is 8.54. The van der Waals surface area contributed by atoms with E-state index in [0.29, 0.717) is 38.6 Å². The number of amides is 2. The summed E-state index contributed by atoms with van der Waals surface area (Å²) in [5.74, 6) is 0.525. The molecule has 0 spiro atoms. The fraction of sp³-hybridized carbons (Fsp3) is 0.174. The first-order chi connectivity index (χ1) is 15.1. The van der Waals surface area contributed by atoms with E-state index in [1.807, 2.05) is 0 Å². The Hall–Kier alpha value is -3.29. The maximum atomic E-state index is 12.3. The minimum atomic E-state index is -0.577. The Bertz CT molecular complexity index is 1110. The summed E-state index contributed by atoms with van der Waals surface area (Å²) in [6, 6.07) is 14.7. The SMILES string of the molecule is CC(C)(C)OC(=O)Nc1ccc(Oc2ccc(NC(=O)c3ccc(Cl)c(Cl)c3)cn2)cc1. The summed E-state index contributed by atoms with van der Waals surface area (Å²) in [5.41, 5.74) is 0.858. The van der Waals surface area contributed by atoms with Crippen LogP contribution in [-0.2, 0) is 4.74 Å². The molecule has 0 aliphatic rings. The molecule has 0 fully saturated rings. The van der Waals surface area contributed by atoms with Crippen LogP contribution in [0, 0.1) is 0 Å². The van der Waals surface area contributed by atoms with E-state index >= 15 is 0 Å². The van der Waals surface area contributed by atoms with Gasteiger partial charge in [0.2, 0.25) is 5.88 Å². The maximum Gasteiger partial charge on any atom is 0.412 e. The summed E-state index contributed by atoms with van der Waals surface area (Å²) in [5, 5.41) is 6.05. The van der Waals surface area contributed by atoms with Crippen molar-refractivity contribution in [1.82, 2.24) is 4.98 Å². The Balaban J connectivity index is 1.56. The van der Waals surface area contributed by atoms with Crippen molar-refractivity contribution in [1.29, 1.82) is 0 Å². The van der Waals surface area contributed by atoms with Gasteiger partial charge < -0.3 is 14.8 Å². The zero-order chi connectivity index (χ0) is 23.3. The molecule has 2 aromatic carbocycles. The third kappa shape index (κ3) is 6.87. The second-order valence-electron chi connectivity index (χ2n) is 7.72. The first kappa shape index (κ1) is 23.4. The van der Waals surface area contributed by atoms with Crippen LogP contribution in [0.5, 0.6) is 11.6 Å². The first-order valence-corrected chi connectivity index (χ1v) is 10.3. The highest BCUT2D eigenvalue weighted by Gasteiger charge is 2.16. The number of pyridine rings is 1. The predicted molar refractivity (Wildman–Crippen MR) is 125 cm³/mol. The number of aromatic nitrogens is 1. The number of halogens is 2. The van der Waals surface area contributed by atoms with E-state index in [-0.39, 0.29) is 5.91 Å². The summed E-state index contributed by atoms with van der Waals surface area (Å²) in [4.78, 5) is 28.3. The lowest BCUT2D eigenvalue weighted by Gasteiger charge is -2.19. The molecule has 0 saturated carbocycles. The van der Waals surface area contributed by atoms with Gasteiger partial charge in [-0.25, -0.2) is 9.78 Å². The minimum Gasteiger partial charge on any atom is -0.444 e. The van der Waals surface area contributed by atoms with Crippen molar-refractivity contribution < 1.29 is 19.1 Å². The normalized spacial score (nSPS) is 10.9. The molecule has 7 nitrogen and oxygen atoms in total. The van der Waals surface area contributed by atoms with E-state index in [2.05, 4.69) is 15.6 Å². The van der Waals surface area contributed by atoms with Gasteiger partial charge in [-0.05, 0) is 69.3 Å². The molecule has 0 saturated heterocycles. The fourth-order valence-corrected chi connectivity index (χ4v) is 2.80. The molecule has 166 valence electrons. The second kappa shape index (κ2) is 9.89. The number of hydrogen-bond donors (Lipinski definition) is 2. The number of hydrogen-bond acceptors (Lipinski definition) is 5. The molecule has 0 atom stereocenters. The topological polar surface area (TPSA) is 89.5 Å². The first-order valence-electron chi connectivity index (χ1n) is 9.59. The number of anilines is 2. The zero-order valence-corrected chi connectivity index (χ0v) is 19.1. The van der Waals surface area contributed by atoms with Gasteiger partial charge in [-0.3, -0.25) is 10.1 Å². The number of nitrogens with zero attached hydrogens (tertiary/aromatic N) is 1. The van der Waals surface area contributed by atoms with Gasteiger partial charge in [0.15, 0.2) is 0 Å². The Kier molecular flexibility index (Phi) is 7.22. The van der Waals surface area contributed by atoms with Crippen molar-refractivity contribution in [2.24, 2.45) is 0 Å². The maximum absolute atomic E-state index is 12.3. The van der Waals surface area contributed by atoms with Gasteiger partial charge in [0.05, 0.1) is 21.9 Å². The molecule has 3 aromatic rings. The Labute approximate surface area is 195 Å². The van der Waals surface area contributed by atoms with Gasteiger partial charge in [-0.15, -0.1) is 0 Å². The lowest BCUT2D eigenvalue weighted by molar-refractivity contribution is 0.0635. The smallest absolute Gasteiger partial charge is 0.412 e. The molecule has 0 unspecified atom stereocenters. The van der Waals surface area contributed by atoms with Crippen molar-refractivity contribution >= 4 is 46.6 Å². The van der Waals surface area contributed by atoms with Gasteiger partial charge in [0, 0.05) is 17.3 Å². The minimum absolute atomic E-state index is 0.300. The largest absolute Gasteiger partial charge is 0.444 e. The standard InChI is InChI=1S/C23H21Cl2N3O4/c1-23(2,3)32-22(30)28-15-5-8-17(9-6-15)31-20-11-7-16(13-26-20)27-21(29)14-4-10-18(24)19(25)12-14/h4-13H,1-3H3,(H,27,29)(H,28,30). The van der Waals surface area contributed by atoms with Crippen LogP contribution in [0.1, 0.15) is 31.1 Å². The summed E-state index contributed by atoms with van der Waals surface area (Å²) < 4.78 is 10.9. The lowest BCUT2D eigenvalue weighted by atomic mass is 10.2. The van der Waals surface area contributed by atoms with Crippen LogP contribution < -0.4 is 15.4 Å². The third-order valence-corrected chi connectivity index (χ3v) is 4.64. The summed E-state index contributed by atoms with van der Waals surface area (Å²) in [6.07, 6.45) is 0.940. The third-order valence-electron chi connectivity index (χ3n) is 3.90. The quantitative estimate of drug-likeness (QED) is 0.426.